The van der Waals surface area contributed by atoms with Gasteiger partial charge in [-0.15, -0.1) is 16.4 Å². The maximum atomic E-state index is 11.2. The fourth-order valence-corrected chi connectivity index (χ4v) is 2.69. The highest BCUT2D eigenvalue weighted by Gasteiger charge is 2.16. The lowest BCUT2D eigenvalue weighted by Gasteiger charge is -2.06. The highest BCUT2D eigenvalue weighted by atomic mass is 32.1. The molecule has 21 heavy (non-hydrogen) atoms. The fourth-order valence-electron chi connectivity index (χ4n) is 1.86. The number of nitrogens with one attached hydrogen (secondary N) is 1. The lowest BCUT2D eigenvalue weighted by Crippen LogP contribution is -2.02. The van der Waals surface area contributed by atoms with Crippen LogP contribution in [0.15, 0.2) is 36.7 Å². The molecule has 0 saturated heterocycles. The quantitative estimate of drug-likeness (QED) is 0.769. The monoisotopic (exact) mass is 301 g/mol. The number of aryl methyl sites for hydroxylation is 1. The summed E-state index contributed by atoms with van der Waals surface area (Å²) in [5, 5.41) is 21.1. The second-order valence-corrected chi connectivity index (χ2v) is 5.44. The van der Waals surface area contributed by atoms with Crippen molar-refractivity contribution in [3.8, 4) is 5.69 Å². The molecular formula is C13H11N5O2S. The Morgan fingerprint density at radius 1 is 1.43 bits per heavy atom. The number of rotatable bonds is 4. The highest BCUT2D eigenvalue weighted by Crippen LogP contribution is 2.28. The van der Waals surface area contributed by atoms with Crippen molar-refractivity contribution in [2.24, 2.45) is 0 Å². The highest BCUT2D eigenvalue weighted by molar-refractivity contribution is 7.16. The van der Waals surface area contributed by atoms with Crippen molar-refractivity contribution in [1.29, 1.82) is 0 Å². The third-order valence-corrected chi connectivity index (χ3v) is 3.61. The van der Waals surface area contributed by atoms with Crippen molar-refractivity contribution in [3.05, 3.63) is 47.4 Å². The van der Waals surface area contributed by atoms with Crippen LogP contribution in [0.2, 0.25) is 0 Å². The van der Waals surface area contributed by atoms with Crippen LogP contribution in [0.3, 0.4) is 0 Å². The maximum absolute atomic E-state index is 11.2. The van der Waals surface area contributed by atoms with E-state index in [2.05, 4.69) is 20.6 Å². The smallest absolute Gasteiger partial charge is 0.357 e. The molecule has 3 rings (SSSR count). The number of benzene rings is 1. The zero-order chi connectivity index (χ0) is 14.8. The van der Waals surface area contributed by atoms with Gasteiger partial charge in [-0.1, -0.05) is 11.3 Å². The SMILES string of the molecule is Cc1nc(C(=O)O)c(Nc2cccc(-n3ccnn3)c2)s1. The second kappa shape index (κ2) is 5.33. The Labute approximate surface area is 123 Å². The first kappa shape index (κ1) is 13.3. The van der Waals surface area contributed by atoms with E-state index in [1.807, 2.05) is 24.3 Å². The summed E-state index contributed by atoms with van der Waals surface area (Å²) >= 11 is 1.30. The van der Waals surface area contributed by atoms with E-state index in [1.165, 1.54) is 11.3 Å². The fraction of sp³-hybridized carbons (Fsp3) is 0.0769. The molecule has 1 aromatic carbocycles. The van der Waals surface area contributed by atoms with Gasteiger partial charge in [0.15, 0.2) is 5.69 Å². The number of carbonyl (C=O) groups is 1. The number of anilines is 2. The van der Waals surface area contributed by atoms with Crippen LogP contribution in [0.5, 0.6) is 0 Å². The molecule has 0 unspecified atom stereocenters. The van der Waals surface area contributed by atoms with Gasteiger partial charge in [-0.2, -0.15) is 0 Å². The molecule has 0 fully saturated rings. The number of aromatic nitrogens is 4. The zero-order valence-electron chi connectivity index (χ0n) is 11.0. The van der Waals surface area contributed by atoms with Gasteiger partial charge >= 0.3 is 5.97 Å². The Bertz CT molecular complexity index is 782. The molecule has 0 aliphatic heterocycles. The van der Waals surface area contributed by atoms with Crippen LogP contribution < -0.4 is 5.32 Å². The number of carboxylic acid groups (broad SMARTS) is 1. The Morgan fingerprint density at radius 3 is 3.00 bits per heavy atom. The van der Waals surface area contributed by atoms with Crippen molar-refractivity contribution in [2.75, 3.05) is 5.32 Å². The summed E-state index contributed by atoms with van der Waals surface area (Å²) in [4.78, 5) is 15.2. The minimum atomic E-state index is -1.05. The van der Waals surface area contributed by atoms with Crippen molar-refractivity contribution >= 4 is 28.0 Å². The van der Waals surface area contributed by atoms with Crippen LogP contribution in [0.4, 0.5) is 10.7 Å². The first-order valence-electron chi connectivity index (χ1n) is 6.08. The number of carboxylic acids is 1. The van der Waals surface area contributed by atoms with Gasteiger partial charge < -0.3 is 10.4 Å². The first-order valence-corrected chi connectivity index (χ1v) is 6.89. The number of aromatic carboxylic acids is 1. The molecule has 0 spiro atoms. The van der Waals surface area contributed by atoms with E-state index in [4.69, 9.17) is 5.11 Å². The minimum Gasteiger partial charge on any atom is -0.476 e. The third-order valence-electron chi connectivity index (χ3n) is 2.73. The van der Waals surface area contributed by atoms with Crippen LogP contribution in [0.25, 0.3) is 5.69 Å². The molecule has 2 heterocycles. The van der Waals surface area contributed by atoms with E-state index in [0.717, 1.165) is 11.4 Å². The number of hydrogen-bond acceptors (Lipinski definition) is 6. The van der Waals surface area contributed by atoms with Crippen LogP contribution in [0, 0.1) is 6.92 Å². The molecular weight excluding hydrogens is 290 g/mol. The topological polar surface area (TPSA) is 92.9 Å². The van der Waals surface area contributed by atoms with Gasteiger partial charge in [0.1, 0.15) is 5.00 Å². The van der Waals surface area contributed by atoms with E-state index in [0.29, 0.717) is 10.0 Å². The largest absolute Gasteiger partial charge is 0.476 e. The van der Waals surface area contributed by atoms with Gasteiger partial charge in [0.2, 0.25) is 0 Å². The van der Waals surface area contributed by atoms with Gasteiger partial charge in [-0.05, 0) is 25.1 Å². The molecule has 0 atom stereocenters. The Balaban J connectivity index is 1.92. The van der Waals surface area contributed by atoms with Crippen molar-refractivity contribution in [1.82, 2.24) is 20.0 Å². The summed E-state index contributed by atoms with van der Waals surface area (Å²) < 4.78 is 1.63. The van der Waals surface area contributed by atoms with Gasteiger partial charge in [0, 0.05) is 5.69 Å². The number of nitrogens with zero attached hydrogens (tertiary/aromatic N) is 4. The Hall–Kier alpha value is -2.74. The minimum absolute atomic E-state index is 0.0312. The number of thiazole rings is 1. The molecule has 0 bridgehead atoms. The summed E-state index contributed by atoms with van der Waals surface area (Å²) in [7, 11) is 0. The van der Waals surface area contributed by atoms with Crippen LogP contribution in [0.1, 0.15) is 15.5 Å². The lowest BCUT2D eigenvalue weighted by molar-refractivity contribution is 0.0692. The molecule has 2 aromatic heterocycles. The molecule has 0 aliphatic carbocycles. The molecule has 106 valence electrons. The molecule has 2 N–H and O–H groups in total. The molecule has 0 saturated carbocycles. The summed E-state index contributed by atoms with van der Waals surface area (Å²) in [6.07, 6.45) is 3.33. The van der Waals surface area contributed by atoms with Gasteiger partial charge in [-0.3, -0.25) is 0 Å². The molecule has 7 nitrogen and oxygen atoms in total. The van der Waals surface area contributed by atoms with Crippen molar-refractivity contribution in [2.45, 2.75) is 6.92 Å². The van der Waals surface area contributed by atoms with Crippen LogP contribution >= 0.6 is 11.3 Å². The van der Waals surface area contributed by atoms with E-state index in [1.54, 1.807) is 24.0 Å². The third kappa shape index (κ3) is 2.75. The van der Waals surface area contributed by atoms with Crippen molar-refractivity contribution < 1.29 is 9.90 Å². The zero-order valence-corrected chi connectivity index (χ0v) is 11.8. The molecule has 0 aliphatic rings. The number of hydrogen-bond donors (Lipinski definition) is 2. The predicted molar refractivity (Wildman–Crippen MR) is 78.5 cm³/mol. The Morgan fingerprint density at radius 2 is 2.29 bits per heavy atom. The van der Waals surface area contributed by atoms with Crippen LogP contribution in [-0.4, -0.2) is 31.1 Å². The normalized spacial score (nSPS) is 10.5. The standard InChI is InChI=1S/C13H11N5O2S/c1-8-15-11(13(19)20)12(21-8)16-9-3-2-4-10(7-9)18-6-5-14-17-18/h2-7,16H,1H3,(H,19,20). The molecule has 0 radical (unpaired) electrons. The Kier molecular flexibility index (Phi) is 3.36. The predicted octanol–water partition coefficient (Wildman–Crippen LogP) is 2.47. The van der Waals surface area contributed by atoms with Crippen molar-refractivity contribution in [3.63, 3.8) is 0 Å². The molecule has 8 heteroatoms. The summed E-state index contributed by atoms with van der Waals surface area (Å²) in [5.41, 5.74) is 1.62. The maximum Gasteiger partial charge on any atom is 0.357 e. The molecule has 3 aromatic rings. The van der Waals surface area contributed by atoms with E-state index in [9.17, 15) is 4.79 Å². The second-order valence-electron chi connectivity index (χ2n) is 4.24. The summed E-state index contributed by atoms with van der Waals surface area (Å²) in [6, 6.07) is 7.44. The first-order chi connectivity index (χ1) is 10.1. The van der Waals surface area contributed by atoms with Gasteiger partial charge in [-0.25, -0.2) is 14.5 Å². The van der Waals surface area contributed by atoms with E-state index < -0.39 is 5.97 Å². The van der Waals surface area contributed by atoms with Crippen LogP contribution in [-0.2, 0) is 0 Å². The summed E-state index contributed by atoms with van der Waals surface area (Å²) in [6.45, 7) is 1.77. The van der Waals surface area contributed by atoms with Gasteiger partial charge in [0.25, 0.3) is 0 Å². The average Bonchev–Trinajstić information content (AvgIpc) is 3.09. The van der Waals surface area contributed by atoms with E-state index in [-0.39, 0.29) is 5.69 Å². The average molecular weight is 301 g/mol. The van der Waals surface area contributed by atoms with Gasteiger partial charge in [0.05, 0.1) is 23.1 Å². The lowest BCUT2D eigenvalue weighted by atomic mass is 10.2. The molecule has 0 amide bonds. The van der Waals surface area contributed by atoms with E-state index >= 15 is 0 Å². The summed E-state index contributed by atoms with van der Waals surface area (Å²) in [5.74, 6) is -1.05.